The summed E-state index contributed by atoms with van der Waals surface area (Å²) in [5.41, 5.74) is 0. The summed E-state index contributed by atoms with van der Waals surface area (Å²) in [6, 6.07) is 1.47. The summed E-state index contributed by atoms with van der Waals surface area (Å²) < 4.78 is 0. The van der Waals surface area contributed by atoms with Crippen LogP contribution in [-0.2, 0) is 4.79 Å². The van der Waals surface area contributed by atoms with Gasteiger partial charge in [0.15, 0.2) is 0 Å². The van der Waals surface area contributed by atoms with Crippen LogP contribution in [0.5, 0.6) is 0 Å². The Labute approximate surface area is 110 Å². The van der Waals surface area contributed by atoms with E-state index in [0.717, 1.165) is 12.5 Å². The number of rotatable bonds is 5. The lowest BCUT2D eigenvalue weighted by Crippen LogP contribution is -2.41. The molecule has 0 aromatic rings. The largest absolute Gasteiger partial charge is 0.481 e. The molecular formula is C15H27NO2. The van der Waals surface area contributed by atoms with Gasteiger partial charge in [-0.2, -0.15) is 0 Å². The number of carboxylic acid groups (broad SMARTS) is 1. The summed E-state index contributed by atoms with van der Waals surface area (Å²) >= 11 is 0. The average molecular weight is 253 g/mol. The minimum absolute atomic E-state index is 0.353. The van der Waals surface area contributed by atoms with Gasteiger partial charge in [0.1, 0.15) is 0 Å². The summed E-state index contributed by atoms with van der Waals surface area (Å²) in [5, 5.41) is 12.5. The highest BCUT2D eigenvalue weighted by atomic mass is 16.4. The van der Waals surface area contributed by atoms with Crippen molar-refractivity contribution >= 4 is 5.97 Å². The minimum atomic E-state index is -0.641. The molecule has 2 rings (SSSR count). The predicted molar refractivity (Wildman–Crippen MR) is 72.6 cm³/mol. The fraction of sp³-hybridized carbons (Fsp3) is 0.933. The monoisotopic (exact) mass is 253 g/mol. The maximum atomic E-state index is 10.6. The van der Waals surface area contributed by atoms with Crippen molar-refractivity contribution < 1.29 is 9.90 Å². The Kier molecular flexibility index (Phi) is 5.48. The van der Waals surface area contributed by atoms with Gasteiger partial charge in [-0.15, -0.1) is 0 Å². The average Bonchev–Trinajstić information content (AvgIpc) is 2.39. The van der Waals surface area contributed by atoms with Crippen LogP contribution in [0.15, 0.2) is 0 Å². The van der Waals surface area contributed by atoms with Crippen molar-refractivity contribution in [1.82, 2.24) is 5.32 Å². The van der Waals surface area contributed by atoms with Crippen molar-refractivity contribution in [3.05, 3.63) is 0 Å². The highest BCUT2D eigenvalue weighted by Gasteiger charge is 2.24. The van der Waals surface area contributed by atoms with Crippen LogP contribution >= 0.6 is 0 Å². The van der Waals surface area contributed by atoms with E-state index in [1.807, 2.05) is 0 Å². The molecule has 0 spiro atoms. The van der Waals surface area contributed by atoms with Crippen LogP contribution in [0.2, 0.25) is 0 Å². The zero-order chi connectivity index (χ0) is 12.8. The van der Waals surface area contributed by atoms with Crippen molar-refractivity contribution in [3.63, 3.8) is 0 Å². The highest BCUT2D eigenvalue weighted by Crippen LogP contribution is 2.29. The molecule has 0 unspecified atom stereocenters. The van der Waals surface area contributed by atoms with Gasteiger partial charge < -0.3 is 10.4 Å². The molecule has 2 N–H and O–H groups in total. The molecule has 0 atom stereocenters. The van der Waals surface area contributed by atoms with Crippen LogP contribution < -0.4 is 5.32 Å². The van der Waals surface area contributed by atoms with Gasteiger partial charge in [-0.05, 0) is 50.9 Å². The Bertz CT molecular complexity index is 253. The summed E-state index contributed by atoms with van der Waals surface area (Å²) in [7, 11) is 0. The molecule has 0 radical (unpaired) electrons. The van der Waals surface area contributed by atoms with Gasteiger partial charge in [0.05, 0.1) is 0 Å². The number of aliphatic carboxylic acids is 1. The molecule has 2 saturated carbocycles. The molecule has 0 amide bonds. The molecule has 3 heteroatoms. The van der Waals surface area contributed by atoms with E-state index < -0.39 is 5.97 Å². The molecule has 2 aliphatic carbocycles. The van der Waals surface area contributed by atoms with Crippen molar-refractivity contribution in [2.75, 3.05) is 0 Å². The molecule has 0 bridgehead atoms. The topological polar surface area (TPSA) is 49.3 Å². The lowest BCUT2D eigenvalue weighted by Gasteiger charge is -2.33. The van der Waals surface area contributed by atoms with E-state index >= 15 is 0 Å². The summed E-state index contributed by atoms with van der Waals surface area (Å²) in [4.78, 5) is 10.6. The highest BCUT2D eigenvalue weighted by molar-refractivity contribution is 5.66. The summed E-state index contributed by atoms with van der Waals surface area (Å²) in [6.45, 7) is 0. The fourth-order valence-corrected chi connectivity index (χ4v) is 3.55. The second kappa shape index (κ2) is 7.13. The zero-order valence-corrected chi connectivity index (χ0v) is 11.4. The Hall–Kier alpha value is -0.570. The first-order valence-electron chi connectivity index (χ1n) is 7.72. The quantitative estimate of drug-likeness (QED) is 0.790. The van der Waals surface area contributed by atoms with E-state index in [1.165, 1.54) is 57.8 Å². The van der Waals surface area contributed by atoms with E-state index in [1.54, 1.807) is 0 Å². The van der Waals surface area contributed by atoms with E-state index in [2.05, 4.69) is 5.32 Å². The molecule has 0 saturated heterocycles. The molecule has 3 nitrogen and oxygen atoms in total. The number of carboxylic acids is 1. The van der Waals surface area contributed by atoms with E-state index in [-0.39, 0.29) is 0 Å². The van der Waals surface area contributed by atoms with Gasteiger partial charge in [0.2, 0.25) is 0 Å². The van der Waals surface area contributed by atoms with Crippen LogP contribution in [0.1, 0.15) is 70.6 Å². The minimum Gasteiger partial charge on any atom is -0.481 e. The predicted octanol–water partition coefficient (Wildman–Crippen LogP) is 3.33. The number of carbonyl (C=O) groups is 1. The maximum Gasteiger partial charge on any atom is 0.303 e. The van der Waals surface area contributed by atoms with Crippen molar-refractivity contribution in [2.24, 2.45) is 5.92 Å². The van der Waals surface area contributed by atoms with Crippen molar-refractivity contribution in [3.8, 4) is 0 Å². The molecular weight excluding hydrogens is 226 g/mol. The first-order valence-corrected chi connectivity index (χ1v) is 7.72. The van der Waals surface area contributed by atoms with Gasteiger partial charge in [0, 0.05) is 18.5 Å². The summed E-state index contributed by atoms with van der Waals surface area (Å²) in [5.74, 6) is 0.0166. The Morgan fingerprint density at radius 1 is 0.944 bits per heavy atom. The number of hydrogen-bond acceptors (Lipinski definition) is 2. The molecule has 2 fully saturated rings. The molecule has 0 heterocycles. The van der Waals surface area contributed by atoms with Crippen LogP contribution in [0.3, 0.4) is 0 Å². The van der Waals surface area contributed by atoms with E-state index in [9.17, 15) is 4.79 Å². The van der Waals surface area contributed by atoms with Crippen LogP contribution in [0.4, 0.5) is 0 Å². The smallest absolute Gasteiger partial charge is 0.303 e. The second-order valence-electron chi connectivity index (χ2n) is 6.15. The van der Waals surface area contributed by atoms with Crippen molar-refractivity contribution in [2.45, 2.75) is 82.7 Å². The number of hydrogen-bond donors (Lipinski definition) is 2. The molecule has 0 aliphatic heterocycles. The molecule has 104 valence electrons. The second-order valence-corrected chi connectivity index (χ2v) is 6.15. The van der Waals surface area contributed by atoms with Gasteiger partial charge >= 0.3 is 5.97 Å². The van der Waals surface area contributed by atoms with Crippen LogP contribution in [0, 0.1) is 5.92 Å². The molecule has 18 heavy (non-hydrogen) atoms. The third-order valence-electron chi connectivity index (χ3n) is 4.69. The van der Waals surface area contributed by atoms with Gasteiger partial charge in [-0.1, -0.05) is 19.3 Å². The summed E-state index contributed by atoms with van der Waals surface area (Å²) in [6.07, 6.45) is 13.1. The molecule has 0 aromatic heterocycles. The van der Waals surface area contributed by atoms with E-state index in [0.29, 0.717) is 18.4 Å². The van der Waals surface area contributed by atoms with E-state index in [4.69, 9.17) is 5.11 Å². The normalized spacial score (nSPS) is 30.2. The number of nitrogens with one attached hydrogen (secondary N) is 1. The SMILES string of the molecule is O=C(O)CCC1CCC(NC2CCCCC2)CC1. The van der Waals surface area contributed by atoms with Crippen LogP contribution in [-0.4, -0.2) is 23.2 Å². The third kappa shape index (κ3) is 4.60. The van der Waals surface area contributed by atoms with Gasteiger partial charge in [-0.3, -0.25) is 4.79 Å². The maximum absolute atomic E-state index is 10.6. The first-order chi connectivity index (χ1) is 8.74. The lowest BCUT2D eigenvalue weighted by molar-refractivity contribution is -0.137. The van der Waals surface area contributed by atoms with Crippen molar-refractivity contribution in [1.29, 1.82) is 0 Å². The van der Waals surface area contributed by atoms with Crippen LogP contribution in [0.25, 0.3) is 0 Å². The van der Waals surface area contributed by atoms with Gasteiger partial charge in [-0.25, -0.2) is 0 Å². The standard InChI is InChI=1S/C15H27NO2/c17-15(18)11-8-12-6-9-14(10-7-12)16-13-4-2-1-3-5-13/h12-14,16H,1-11H2,(H,17,18). The fourth-order valence-electron chi connectivity index (χ4n) is 3.55. The Morgan fingerprint density at radius 2 is 1.56 bits per heavy atom. The lowest BCUT2D eigenvalue weighted by atomic mass is 9.82. The molecule has 2 aliphatic rings. The molecule has 0 aromatic carbocycles. The first kappa shape index (κ1) is 13.9. The zero-order valence-electron chi connectivity index (χ0n) is 11.4. The Balaban J connectivity index is 1.62. The Morgan fingerprint density at radius 3 is 2.17 bits per heavy atom. The van der Waals surface area contributed by atoms with Gasteiger partial charge in [0.25, 0.3) is 0 Å². The third-order valence-corrected chi connectivity index (χ3v) is 4.69.